The Labute approximate surface area is 47.5 Å². The van der Waals surface area contributed by atoms with Gasteiger partial charge in [-0.3, -0.25) is 0 Å². The van der Waals surface area contributed by atoms with Gasteiger partial charge in [-0.05, 0) is 0 Å². The fraction of sp³-hybridized carbons (Fsp3) is 0. The minimum absolute atomic E-state index is 0. The average molecular weight is 223 g/mol. The summed E-state index contributed by atoms with van der Waals surface area (Å²) in [5, 5.41) is 0. The quantitative estimate of drug-likeness (QED) is 0.401. The number of hydrogen-bond acceptors (Lipinski definition) is 1. The van der Waals surface area contributed by atoms with E-state index >= 15 is 0 Å². The van der Waals surface area contributed by atoms with E-state index in [4.69, 9.17) is 9.96 Å². The predicted octanol–water partition coefficient (Wildman–Crippen LogP) is -4.09. The fourth-order valence-corrected chi connectivity index (χ4v) is 0. The summed E-state index contributed by atoms with van der Waals surface area (Å²) >= 11 is -3.79. The Bertz CT molecular complexity index is 27.2. The predicted molar refractivity (Wildman–Crippen MR) is 21.7 cm³/mol. The molecule has 48 valence electrons. The Morgan fingerprint density at radius 3 is 1.00 bits per heavy atom. The van der Waals surface area contributed by atoms with Gasteiger partial charge in [0.25, 0.3) is 0 Å². The summed E-state index contributed by atoms with van der Waals surface area (Å²) in [5.74, 6) is 0. The van der Waals surface area contributed by atoms with Crippen LogP contribution in [0.2, 0.25) is 0 Å². The summed E-state index contributed by atoms with van der Waals surface area (Å²) in [4.78, 5) is 0. The van der Waals surface area contributed by atoms with Crippen molar-refractivity contribution >= 4 is 20.6 Å². The summed E-state index contributed by atoms with van der Waals surface area (Å²) in [6.45, 7) is 0. The molecule has 0 radical (unpaired) electrons. The number of rotatable bonds is 0. The van der Waals surface area contributed by atoms with Gasteiger partial charge in [-0.2, -0.15) is 0 Å². The third kappa shape index (κ3) is 779. The molecule has 0 saturated heterocycles. The van der Waals surface area contributed by atoms with E-state index in [0.29, 0.717) is 0 Å². The molecule has 0 fully saturated rings. The minimum atomic E-state index is -3.79. The van der Waals surface area contributed by atoms with E-state index in [0.717, 1.165) is 0 Å². The molecule has 0 heterocycles. The van der Waals surface area contributed by atoms with Crippen molar-refractivity contribution in [2.45, 2.75) is 0 Å². The summed E-state index contributed by atoms with van der Waals surface area (Å²) in [7, 11) is 0. The molecule has 0 aromatic rings. The van der Waals surface area contributed by atoms with Crippen molar-refractivity contribution in [3.8, 4) is 0 Å². The van der Waals surface area contributed by atoms with Crippen molar-refractivity contribution in [3.63, 3.8) is 0 Å². The second-order valence-electron chi connectivity index (χ2n) is 0.283. The molecule has 0 aliphatic rings. The van der Waals surface area contributed by atoms with Crippen molar-refractivity contribution in [2.75, 3.05) is 0 Å². The van der Waals surface area contributed by atoms with Gasteiger partial charge in [0.2, 0.25) is 0 Å². The van der Waals surface area contributed by atoms with Gasteiger partial charge in [-0.1, -0.05) is 0 Å². The van der Waals surface area contributed by atoms with Crippen LogP contribution in [0.15, 0.2) is 0 Å². The van der Waals surface area contributed by atoms with Crippen molar-refractivity contribution < 1.29 is 26.4 Å². The normalized spacial score (nSPS) is 3.71. The molecule has 0 unspecified atom stereocenters. The molecule has 6 nitrogen and oxygen atoms in total. The topological polar surface area (TPSA) is 152 Å². The molecular weight excluding hydrogens is 215 g/mol. The van der Waals surface area contributed by atoms with Crippen LogP contribution in [-0.4, -0.2) is 43.9 Å². The monoisotopic (exact) mass is 224 g/mol. The third-order valence-corrected chi connectivity index (χ3v) is 0. The van der Waals surface area contributed by atoms with Crippen LogP contribution in [0.1, 0.15) is 0 Å². The second-order valence-corrected chi connectivity index (χ2v) is 1.90. The first-order valence-corrected chi connectivity index (χ1v) is 4.37. The molecule has 0 aromatic carbocycles. The van der Waals surface area contributed by atoms with Crippen LogP contribution in [0.5, 0.6) is 0 Å². The Balaban J connectivity index is -0.0000000150. The van der Waals surface area contributed by atoms with Crippen LogP contribution in [0.25, 0.3) is 0 Å². The van der Waals surface area contributed by atoms with Crippen LogP contribution in [0, 0.1) is 0 Å². The van der Waals surface area contributed by atoms with E-state index < -0.39 is 20.6 Å². The summed E-state index contributed by atoms with van der Waals surface area (Å²) < 4.78 is 23.3. The van der Waals surface area contributed by atoms with E-state index in [1.165, 1.54) is 0 Å². The van der Waals surface area contributed by atoms with Crippen LogP contribution >= 0.6 is 0 Å². The summed E-state index contributed by atoms with van der Waals surface area (Å²) in [6, 6.07) is 0. The summed E-state index contributed by atoms with van der Waals surface area (Å²) in [5.41, 5.74) is 0. The van der Waals surface area contributed by atoms with Crippen molar-refractivity contribution in [1.29, 1.82) is 0 Å². The molecule has 0 aliphatic carbocycles. The first-order valence-electron chi connectivity index (χ1n) is 0.651. The van der Waals surface area contributed by atoms with Crippen molar-refractivity contribution in [1.82, 2.24) is 0 Å². The molecule has 0 amide bonds. The molecule has 0 aromatic heterocycles. The molecule has 0 aliphatic heterocycles. The SMILES string of the molecule is O.O.O.[O]=[Sn]([OH])[OH]. The van der Waals surface area contributed by atoms with Gasteiger partial charge in [0.1, 0.15) is 0 Å². The van der Waals surface area contributed by atoms with Gasteiger partial charge >= 0.3 is 30.5 Å². The van der Waals surface area contributed by atoms with Gasteiger partial charge < -0.3 is 16.4 Å². The molecule has 0 spiro atoms. The van der Waals surface area contributed by atoms with Gasteiger partial charge in [-0.25, -0.2) is 0 Å². The average Bonchev–Trinajstić information content (AvgIpc) is 0.811. The first kappa shape index (κ1) is 26.2. The summed E-state index contributed by atoms with van der Waals surface area (Å²) in [6.07, 6.45) is 0. The van der Waals surface area contributed by atoms with Crippen LogP contribution in [-0.2, 0) is 3.08 Å². The zero-order valence-electron chi connectivity index (χ0n) is 3.30. The zero-order valence-corrected chi connectivity index (χ0v) is 6.16. The van der Waals surface area contributed by atoms with Crippen LogP contribution in [0.3, 0.4) is 0 Å². The fourth-order valence-electron chi connectivity index (χ4n) is 0. The molecule has 0 saturated carbocycles. The molecule has 8 N–H and O–H groups in total. The van der Waals surface area contributed by atoms with Crippen LogP contribution in [0.4, 0.5) is 0 Å². The van der Waals surface area contributed by atoms with E-state index in [-0.39, 0.29) is 16.4 Å². The molecule has 7 heavy (non-hydrogen) atoms. The van der Waals surface area contributed by atoms with E-state index in [1.54, 1.807) is 0 Å². The molecule has 0 rings (SSSR count). The first-order chi connectivity index (χ1) is 1.73. The van der Waals surface area contributed by atoms with Gasteiger partial charge in [0.15, 0.2) is 0 Å². The molecular formula is H8O6Sn. The molecule has 0 atom stereocenters. The van der Waals surface area contributed by atoms with Gasteiger partial charge in [0.05, 0.1) is 0 Å². The Morgan fingerprint density at radius 2 is 1.00 bits per heavy atom. The Kier molecular flexibility index (Phi) is 60.5. The third-order valence-electron chi connectivity index (χ3n) is 0. The zero-order chi connectivity index (χ0) is 3.58. The maximum atomic E-state index is 8.84. The van der Waals surface area contributed by atoms with E-state index in [2.05, 4.69) is 0 Å². The number of hydrogen-bond donors (Lipinski definition) is 2. The maximum absolute atomic E-state index is 8.84. The van der Waals surface area contributed by atoms with Gasteiger partial charge in [0, 0.05) is 0 Å². The van der Waals surface area contributed by atoms with E-state index in [9.17, 15) is 0 Å². The van der Waals surface area contributed by atoms with Gasteiger partial charge in [-0.15, -0.1) is 0 Å². The van der Waals surface area contributed by atoms with Crippen molar-refractivity contribution in [3.05, 3.63) is 0 Å². The van der Waals surface area contributed by atoms with Crippen LogP contribution < -0.4 is 0 Å². The Morgan fingerprint density at radius 1 is 1.00 bits per heavy atom. The standard InChI is InChI=1S/5H2O.O.Sn/h5*1H2;;/q;;;;;;+2/p-2. The Hall–Kier alpha value is 0.399. The molecule has 7 heteroatoms. The van der Waals surface area contributed by atoms with E-state index in [1.807, 2.05) is 0 Å². The van der Waals surface area contributed by atoms with Crippen molar-refractivity contribution in [2.24, 2.45) is 0 Å². The second kappa shape index (κ2) is 16.1. The molecule has 0 bridgehead atoms.